The molecule has 1 atom stereocenters. The third kappa shape index (κ3) is 5.18. The van der Waals surface area contributed by atoms with Crippen molar-refractivity contribution in [2.24, 2.45) is 5.92 Å². The van der Waals surface area contributed by atoms with Gasteiger partial charge >= 0.3 is 5.97 Å². The molecule has 0 bridgehead atoms. The number of nitrogens with one attached hydrogen (secondary N) is 1. The molecular weight excluding hydrogens is 314 g/mol. The van der Waals surface area contributed by atoms with Crippen molar-refractivity contribution in [1.29, 1.82) is 0 Å². The number of methoxy groups -OCH3 is 1. The van der Waals surface area contributed by atoms with Crippen molar-refractivity contribution < 1.29 is 14.3 Å². The smallest absolute Gasteiger partial charge is 0.328 e. The van der Waals surface area contributed by atoms with Crippen LogP contribution in [0.5, 0.6) is 0 Å². The van der Waals surface area contributed by atoms with E-state index < -0.39 is 17.9 Å². The molecule has 0 radical (unpaired) electrons. The summed E-state index contributed by atoms with van der Waals surface area (Å²) in [6.45, 7) is 4.02. The molecule has 2 rings (SSSR count). The molecule has 0 aromatic heterocycles. The maximum Gasteiger partial charge on any atom is 0.328 e. The van der Waals surface area contributed by atoms with Crippen molar-refractivity contribution >= 4 is 11.9 Å². The van der Waals surface area contributed by atoms with Gasteiger partial charge in [-0.2, -0.15) is 0 Å². The Morgan fingerprint density at radius 1 is 0.920 bits per heavy atom. The number of ether oxygens (including phenoxy) is 1. The predicted molar refractivity (Wildman–Crippen MR) is 98.1 cm³/mol. The number of rotatable bonds is 7. The molecule has 0 fully saturated rings. The van der Waals surface area contributed by atoms with E-state index in [1.165, 1.54) is 7.11 Å². The van der Waals surface area contributed by atoms with Gasteiger partial charge in [-0.1, -0.05) is 74.5 Å². The Bertz CT molecular complexity index is 643. The van der Waals surface area contributed by atoms with Gasteiger partial charge in [-0.25, -0.2) is 4.79 Å². The summed E-state index contributed by atoms with van der Waals surface area (Å²) in [5, 5.41) is 2.88. The number of amides is 1. The lowest BCUT2D eigenvalue weighted by Crippen LogP contribution is -2.44. The normalized spacial score (nSPS) is 12.0. The van der Waals surface area contributed by atoms with Gasteiger partial charge in [0.1, 0.15) is 6.04 Å². The molecule has 0 saturated heterocycles. The van der Waals surface area contributed by atoms with E-state index in [0.29, 0.717) is 6.42 Å². The maximum absolute atomic E-state index is 13.0. The van der Waals surface area contributed by atoms with Crippen molar-refractivity contribution in [1.82, 2.24) is 5.32 Å². The standard InChI is InChI=1S/C21H25NO3/c1-15(2)14-18(21(24)25-3)22-20(23)19(16-10-6-4-7-11-16)17-12-8-5-9-13-17/h4-13,15,18-19H,14H2,1-3H3,(H,22,23)/t18-/m0/s1. The quantitative estimate of drug-likeness (QED) is 0.785. The van der Waals surface area contributed by atoms with Crippen LogP contribution in [-0.2, 0) is 14.3 Å². The summed E-state index contributed by atoms with van der Waals surface area (Å²) < 4.78 is 4.85. The minimum absolute atomic E-state index is 0.201. The minimum Gasteiger partial charge on any atom is -0.467 e. The van der Waals surface area contributed by atoms with Crippen LogP contribution in [0.3, 0.4) is 0 Å². The molecule has 132 valence electrons. The van der Waals surface area contributed by atoms with Gasteiger partial charge in [0.05, 0.1) is 13.0 Å². The molecule has 0 heterocycles. The highest BCUT2D eigenvalue weighted by molar-refractivity contribution is 5.91. The van der Waals surface area contributed by atoms with Crippen molar-refractivity contribution in [3.63, 3.8) is 0 Å². The molecule has 0 aliphatic heterocycles. The second-order valence-electron chi connectivity index (χ2n) is 6.47. The summed E-state index contributed by atoms with van der Waals surface area (Å²) in [5.74, 6) is -0.826. The third-order valence-corrected chi connectivity index (χ3v) is 4.04. The molecule has 2 aromatic rings. The van der Waals surface area contributed by atoms with Gasteiger partial charge in [0.25, 0.3) is 0 Å². The average Bonchev–Trinajstić information content (AvgIpc) is 2.62. The van der Waals surface area contributed by atoms with E-state index in [9.17, 15) is 9.59 Å². The van der Waals surface area contributed by atoms with E-state index >= 15 is 0 Å². The first kappa shape index (κ1) is 18.7. The van der Waals surface area contributed by atoms with Gasteiger partial charge in [0.15, 0.2) is 0 Å². The molecule has 1 N–H and O–H groups in total. The fraction of sp³-hybridized carbons (Fsp3) is 0.333. The van der Waals surface area contributed by atoms with E-state index in [1.54, 1.807) is 0 Å². The zero-order valence-electron chi connectivity index (χ0n) is 14.9. The van der Waals surface area contributed by atoms with Crippen LogP contribution in [-0.4, -0.2) is 25.0 Å². The Kier molecular flexibility index (Phi) is 6.75. The molecule has 0 unspecified atom stereocenters. The molecule has 1 amide bonds. The van der Waals surface area contributed by atoms with Crippen LogP contribution < -0.4 is 5.32 Å². The summed E-state index contributed by atoms with van der Waals surface area (Å²) >= 11 is 0. The minimum atomic E-state index is -0.646. The Labute approximate surface area is 149 Å². The molecule has 4 nitrogen and oxygen atoms in total. The Morgan fingerprint density at radius 3 is 1.80 bits per heavy atom. The van der Waals surface area contributed by atoms with Gasteiger partial charge < -0.3 is 10.1 Å². The van der Waals surface area contributed by atoms with Crippen molar-refractivity contribution in [3.8, 4) is 0 Å². The summed E-state index contributed by atoms with van der Waals surface area (Å²) in [4.78, 5) is 25.1. The van der Waals surface area contributed by atoms with E-state index in [-0.39, 0.29) is 11.8 Å². The number of carbonyl (C=O) groups excluding carboxylic acids is 2. The van der Waals surface area contributed by atoms with E-state index in [4.69, 9.17) is 4.74 Å². The second kappa shape index (κ2) is 9.02. The zero-order chi connectivity index (χ0) is 18.2. The number of benzene rings is 2. The number of hydrogen-bond donors (Lipinski definition) is 1. The van der Waals surface area contributed by atoms with Crippen molar-refractivity contribution in [3.05, 3.63) is 71.8 Å². The first-order valence-corrected chi connectivity index (χ1v) is 8.51. The Balaban J connectivity index is 2.30. The summed E-state index contributed by atoms with van der Waals surface area (Å²) in [7, 11) is 1.34. The summed E-state index contributed by atoms with van der Waals surface area (Å²) in [6.07, 6.45) is 0.536. The highest BCUT2D eigenvalue weighted by Crippen LogP contribution is 2.25. The lowest BCUT2D eigenvalue weighted by molar-refractivity contribution is -0.145. The van der Waals surface area contributed by atoms with E-state index in [0.717, 1.165) is 11.1 Å². The molecule has 0 aliphatic carbocycles. The fourth-order valence-corrected chi connectivity index (χ4v) is 2.87. The van der Waals surface area contributed by atoms with Crippen LogP contribution >= 0.6 is 0 Å². The molecular formula is C21H25NO3. The predicted octanol–water partition coefficient (Wildman–Crippen LogP) is 3.52. The molecule has 4 heteroatoms. The summed E-state index contributed by atoms with van der Waals surface area (Å²) in [5.41, 5.74) is 1.78. The monoisotopic (exact) mass is 339 g/mol. The van der Waals surface area contributed by atoms with Crippen LogP contribution in [0.2, 0.25) is 0 Å². The van der Waals surface area contributed by atoms with Crippen LogP contribution in [0.1, 0.15) is 37.3 Å². The molecule has 0 saturated carbocycles. The highest BCUT2D eigenvalue weighted by Gasteiger charge is 2.28. The fourth-order valence-electron chi connectivity index (χ4n) is 2.87. The SMILES string of the molecule is COC(=O)[C@H](CC(C)C)NC(=O)C(c1ccccc1)c1ccccc1. The number of carbonyl (C=O) groups is 2. The number of hydrogen-bond acceptors (Lipinski definition) is 3. The van der Waals surface area contributed by atoms with Gasteiger partial charge in [-0.15, -0.1) is 0 Å². The van der Waals surface area contributed by atoms with Gasteiger partial charge in [-0.3, -0.25) is 4.79 Å². The first-order chi connectivity index (χ1) is 12.0. The van der Waals surface area contributed by atoms with Crippen LogP contribution in [0, 0.1) is 5.92 Å². The largest absolute Gasteiger partial charge is 0.467 e. The van der Waals surface area contributed by atoms with Gasteiger partial charge in [0, 0.05) is 0 Å². The number of esters is 1. The van der Waals surface area contributed by atoms with E-state index in [1.807, 2.05) is 74.5 Å². The first-order valence-electron chi connectivity index (χ1n) is 8.51. The highest BCUT2D eigenvalue weighted by atomic mass is 16.5. The van der Waals surface area contributed by atoms with Crippen LogP contribution in [0.25, 0.3) is 0 Å². The Morgan fingerprint density at radius 2 is 1.40 bits per heavy atom. The molecule has 0 aliphatic rings. The maximum atomic E-state index is 13.0. The lowest BCUT2D eigenvalue weighted by atomic mass is 9.90. The van der Waals surface area contributed by atoms with Gasteiger partial charge in [-0.05, 0) is 23.5 Å². The topological polar surface area (TPSA) is 55.4 Å². The second-order valence-corrected chi connectivity index (χ2v) is 6.47. The van der Waals surface area contributed by atoms with Crippen LogP contribution in [0.15, 0.2) is 60.7 Å². The van der Waals surface area contributed by atoms with Gasteiger partial charge in [0.2, 0.25) is 5.91 Å². The Hall–Kier alpha value is -2.62. The zero-order valence-corrected chi connectivity index (χ0v) is 14.9. The lowest BCUT2D eigenvalue weighted by Gasteiger charge is -2.23. The van der Waals surface area contributed by atoms with Crippen molar-refractivity contribution in [2.75, 3.05) is 7.11 Å². The summed E-state index contributed by atoms with van der Waals surface area (Å²) in [6, 6.07) is 18.5. The average molecular weight is 339 g/mol. The van der Waals surface area contributed by atoms with E-state index in [2.05, 4.69) is 5.32 Å². The molecule has 25 heavy (non-hydrogen) atoms. The molecule has 0 spiro atoms. The molecule has 2 aromatic carbocycles. The third-order valence-electron chi connectivity index (χ3n) is 4.04. The van der Waals surface area contributed by atoms with Crippen LogP contribution in [0.4, 0.5) is 0 Å². The van der Waals surface area contributed by atoms with Crippen molar-refractivity contribution in [2.45, 2.75) is 32.2 Å².